The van der Waals surface area contributed by atoms with Crippen molar-refractivity contribution in [3.63, 3.8) is 0 Å². The number of rotatable bonds is 4. The molecule has 6 heteroatoms. The van der Waals surface area contributed by atoms with Crippen LogP contribution in [0.2, 0.25) is 5.02 Å². The smallest absolute Gasteiger partial charge is 0.373 e. The number of carbonyl (C=O) groups is 2. The van der Waals surface area contributed by atoms with Gasteiger partial charge in [0.2, 0.25) is 5.76 Å². The van der Waals surface area contributed by atoms with Crippen LogP contribution in [0.15, 0.2) is 48.3 Å². The number of benzene rings is 1. The molecule has 0 saturated carbocycles. The Kier molecular flexibility index (Phi) is 4.88. The normalized spacial score (nSPS) is 19.9. The largest absolute Gasteiger partial charge is 0.477 e. The number of ether oxygens (including phenoxy) is 3. The van der Waals surface area contributed by atoms with Gasteiger partial charge < -0.3 is 14.2 Å². The van der Waals surface area contributed by atoms with Crippen molar-refractivity contribution < 1.29 is 23.8 Å². The van der Waals surface area contributed by atoms with Crippen molar-refractivity contribution >= 4 is 23.5 Å². The van der Waals surface area contributed by atoms with Crippen LogP contribution in [0.3, 0.4) is 0 Å². The molecule has 1 aromatic rings. The lowest BCUT2D eigenvalue weighted by Crippen LogP contribution is -2.24. The molecule has 116 valence electrons. The molecule has 1 heterocycles. The third kappa shape index (κ3) is 3.14. The van der Waals surface area contributed by atoms with Gasteiger partial charge >= 0.3 is 11.9 Å². The lowest BCUT2D eigenvalue weighted by atomic mass is 9.90. The van der Waals surface area contributed by atoms with Crippen LogP contribution in [0.1, 0.15) is 11.5 Å². The predicted octanol–water partition coefficient (Wildman–Crippen LogP) is 2.61. The van der Waals surface area contributed by atoms with Crippen LogP contribution in [-0.4, -0.2) is 32.3 Å². The molecule has 0 bridgehead atoms. The molecule has 0 fully saturated rings. The first-order valence-electron chi connectivity index (χ1n) is 6.47. The Hall–Kier alpha value is -2.27. The Labute approximate surface area is 133 Å². The first-order valence-corrected chi connectivity index (χ1v) is 6.85. The molecule has 0 spiro atoms. The summed E-state index contributed by atoms with van der Waals surface area (Å²) in [5.41, 5.74) is 0.907. The molecule has 0 N–H and O–H groups in total. The molecule has 1 aliphatic rings. The van der Waals surface area contributed by atoms with Gasteiger partial charge in [0.15, 0.2) is 0 Å². The lowest BCUT2D eigenvalue weighted by molar-refractivity contribution is -0.142. The third-order valence-corrected chi connectivity index (χ3v) is 3.56. The van der Waals surface area contributed by atoms with Crippen LogP contribution in [0.4, 0.5) is 0 Å². The zero-order valence-electron chi connectivity index (χ0n) is 12.2. The third-order valence-electron chi connectivity index (χ3n) is 3.32. The van der Waals surface area contributed by atoms with Crippen molar-refractivity contribution in [1.29, 1.82) is 0 Å². The summed E-state index contributed by atoms with van der Waals surface area (Å²) >= 11 is 6.00. The summed E-state index contributed by atoms with van der Waals surface area (Å²) in [5, 5.41) is 0.542. The van der Waals surface area contributed by atoms with E-state index in [4.69, 9.17) is 16.3 Å². The monoisotopic (exact) mass is 322 g/mol. The number of methoxy groups -OCH3 is 2. The molecule has 5 nitrogen and oxygen atoms in total. The van der Waals surface area contributed by atoms with E-state index in [1.165, 1.54) is 14.2 Å². The second-order valence-electron chi connectivity index (χ2n) is 4.66. The average Bonchev–Trinajstić information content (AvgIpc) is 2.97. The molecule has 2 rings (SSSR count). The minimum atomic E-state index is -0.750. The summed E-state index contributed by atoms with van der Waals surface area (Å²) in [4.78, 5) is 23.4. The summed E-state index contributed by atoms with van der Waals surface area (Å²) in [6.07, 6.45) is 0.844. The highest BCUT2D eigenvalue weighted by atomic mass is 35.5. The van der Waals surface area contributed by atoms with Gasteiger partial charge in [-0.3, -0.25) is 0 Å². The van der Waals surface area contributed by atoms with Gasteiger partial charge in [-0.15, -0.1) is 0 Å². The quantitative estimate of drug-likeness (QED) is 0.630. The Balaban J connectivity index is 2.39. The molecule has 1 aliphatic heterocycles. The average molecular weight is 323 g/mol. The topological polar surface area (TPSA) is 61.8 Å². The van der Waals surface area contributed by atoms with Crippen molar-refractivity contribution in [1.82, 2.24) is 0 Å². The molecule has 0 saturated heterocycles. The first kappa shape index (κ1) is 16.1. The zero-order chi connectivity index (χ0) is 16.3. The van der Waals surface area contributed by atoms with Crippen LogP contribution < -0.4 is 0 Å². The van der Waals surface area contributed by atoms with Crippen LogP contribution >= 0.6 is 11.6 Å². The number of esters is 2. The van der Waals surface area contributed by atoms with Crippen molar-refractivity contribution in [2.24, 2.45) is 0 Å². The zero-order valence-corrected chi connectivity index (χ0v) is 12.9. The number of hydrogen-bond donors (Lipinski definition) is 0. The number of carbonyl (C=O) groups excluding carboxylic acids is 2. The molecule has 2 atom stereocenters. The van der Waals surface area contributed by atoms with E-state index in [2.05, 4.69) is 16.1 Å². The van der Waals surface area contributed by atoms with Crippen LogP contribution in [0.5, 0.6) is 0 Å². The van der Waals surface area contributed by atoms with E-state index in [0.717, 1.165) is 5.56 Å². The van der Waals surface area contributed by atoms with E-state index < -0.39 is 18.0 Å². The summed E-state index contributed by atoms with van der Waals surface area (Å²) in [6, 6.07) is 7.08. The minimum absolute atomic E-state index is 0.0301. The second kappa shape index (κ2) is 6.66. The lowest BCUT2D eigenvalue weighted by Gasteiger charge is -2.20. The second-order valence-corrected chi connectivity index (χ2v) is 5.09. The maximum Gasteiger partial charge on any atom is 0.373 e. The molecule has 0 unspecified atom stereocenters. The molecule has 0 amide bonds. The van der Waals surface area contributed by atoms with E-state index in [0.29, 0.717) is 5.02 Å². The van der Waals surface area contributed by atoms with E-state index in [1.807, 2.05) is 6.07 Å². The van der Waals surface area contributed by atoms with Gasteiger partial charge in [-0.2, -0.15) is 0 Å². The van der Waals surface area contributed by atoms with Crippen molar-refractivity contribution in [3.05, 3.63) is 58.8 Å². The molecule has 0 radical (unpaired) electrons. The van der Waals surface area contributed by atoms with E-state index in [9.17, 15) is 9.59 Å². The van der Waals surface area contributed by atoms with Gasteiger partial charge in [-0.05, 0) is 23.8 Å². The molecular formula is C16H15ClO5. The highest BCUT2D eigenvalue weighted by molar-refractivity contribution is 6.30. The van der Waals surface area contributed by atoms with E-state index in [-0.39, 0.29) is 17.3 Å². The predicted molar refractivity (Wildman–Crippen MR) is 80.3 cm³/mol. The highest BCUT2D eigenvalue weighted by Gasteiger charge is 2.38. The molecule has 22 heavy (non-hydrogen) atoms. The highest BCUT2D eigenvalue weighted by Crippen LogP contribution is 2.37. The summed E-state index contributed by atoms with van der Waals surface area (Å²) in [5.74, 6) is -1.58. The van der Waals surface area contributed by atoms with Gasteiger partial charge in [0, 0.05) is 10.9 Å². The maximum absolute atomic E-state index is 11.7. The fraction of sp³-hybridized carbons (Fsp3) is 0.250. The van der Waals surface area contributed by atoms with Crippen molar-refractivity contribution in [3.8, 4) is 0 Å². The molecule has 1 aromatic carbocycles. The van der Waals surface area contributed by atoms with Crippen LogP contribution in [0, 0.1) is 0 Å². The van der Waals surface area contributed by atoms with Crippen LogP contribution in [-0.2, 0) is 23.8 Å². The van der Waals surface area contributed by atoms with Crippen molar-refractivity contribution in [2.75, 3.05) is 14.2 Å². The Morgan fingerprint density at radius 1 is 1.27 bits per heavy atom. The number of hydrogen-bond acceptors (Lipinski definition) is 5. The van der Waals surface area contributed by atoms with E-state index >= 15 is 0 Å². The Bertz CT molecular complexity index is 650. The fourth-order valence-electron chi connectivity index (χ4n) is 2.24. The molecule has 0 aromatic heterocycles. The van der Waals surface area contributed by atoms with E-state index in [1.54, 1.807) is 24.3 Å². The first-order chi connectivity index (χ1) is 10.5. The maximum atomic E-state index is 11.7. The van der Waals surface area contributed by atoms with Crippen LogP contribution in [0.25, 0.3) is 0 Å². The Morgan fingerprint density at radius 3 is 2.59 bits per heavy atom. The standard InChI is InChI=1S/C16H15ClO5/c1-9(15(18)20-2)14-12(8-13(22-14)16(19)21-3)10-5-4-6-11(17)7-10/h4-8,12,14H,1H2,2-3H3/t12-,14-/m1/s1. The summed E-state index contributed by atoms with van der Waals surface area (Å²) in [6.45, 7) is 3.71. The summed E-state index contributed by atoms with van der Waals surface area (Å²) < 4.78 is 14.9. The SMILES string of the molecule is C=C(C(=O)OC)[C@H]1OC(C(=O)OC)=C[C@@H]1c1cccc(Cl)c1. The Morgan fingerprint density at radius 2 is 2.00 bits per heavy atom. The van der Waals surface area contributed by atoms with Gasteiger partial charge in [0.05, 0.1) is 19.8 Å². The fourth-order valence-corrected chi connectivity index (χ4v) is 2.44. The number of halogens is 1. The minimum Gasteiger partial charge on any atom is -0.477 e. The van der Waals surface area contributed by atoms with Gasteiger partial charge in [-0.1, -0.05) is 30.3 Å². The summed E-state index contributed by atoms with van der Waals surface area (Å²) in [7, 11) is 2.51. The molecule has 0 aliphatic carbocycles. The van der Waals surface area contributed by atoms with Gasteiger partial charge in [0.1, 0.15) is 6.10 Å². The van der Waals surface area contributed by atoms with Crippen molar-refractivity contribution in [2.45, 2.75) is 12.0 Å². The van der Waals surface area contributed by atoms with Gasteiger partial charge in [-0.25, -0.2) is 9.59 Å². The molecular weight excluding hydrogens is 308 g/mol. The van der Waals surface area contributed by atoms with Gasteiger partial charge in [0.25, 0.3) is 0 Å².